The van der Waals surface area contributed by atoms with Crippen molar-refractivity contribution < 1.29 is 0 Å². The fraction of sp³-hybridized carbons (Fsp3) is 0.667. The minimum Gasteiger partial charge on any atom is -0.312 e. The van der Waals surface area contributed by atoms with Crippen LogP contribution in [0.5, 0.6) is 0 Å². The van der Waals surface area contributed by atoms with Crippen LogP contribution in [0, 0.1) is 11.8 Å². The second kappa shape index (κ2) is 7.35. The molecule has 1 N–H and O–H groups in total. The van der Waals surface area contributed by atoms with Crippen LogP contribution in [-0.4, -0.2) is 12.1 Å². The van der Waals surface area contributed by atoms with Gasteiger partial charge in [-0.1, -0.05) is 36.0 Å². The Balaban J connectivity index is 2.03. The summed E-state index contributed by atoms with van der Waals surface area (Å²) >= 11 is 12.5. The smallest absolute Gasteiger partial charge is 0.0439 e. The van der Waals surface area contributed by atoms with Gasteiger partial charge in [0.05, 0.1) is 0 Å². The summed E-state index contributed by atoms with van der Waals surface area (Å²) in [7, 11) is 0. The van der Waals surface area contributed by atoms with Crippen LogP contribution in [0.15, 0.2) is 18.2 Å². The maximum Gasteiger partial charge on any atom is 0.0439 e. The molecule has 118 valence electrons. The van der Waals surface area contributed by atoms with E-state index in [9.17, 15) is 0 Å². The van der Waals surface area contributed by atoms with Gasteiger partial charge in [-0.05, 0) is 82.2 Å². The largest absolute Gasteiger partial charge is 0.312 e. The molecule has 0 heterocycles. The van der Waals surface area contributed by atoms with E-state index in [2.05, 4.69) is 26.1 Å². The summed E-state index contributed by atoms with van der Waals surface area (Å²) in [6, 6.07) is 5.82. The molecule has 2 unspecified atom stereocenters. The molecule has 0 aliphatic heterocycles. The molecule has 3 heteroatoms. The van der Waals surface area contributed by atoms with Crippen molar-refractivity contribution in [2.45, 2.75) is 58.4 Å². The van der Waals surface area contributed by atoms with Crippen molar-refractivity contribution in [1.82, 2.24) is 5.32 Å². The number of rotatable bonds is 4. The second-order valence-electron chi connectivity index (χ2n) is 7.38. The predicted octanol–water partition coefficient (Wildman–Crippen LogP) is 5.73. The van der Waals surface area contributed by atoms with Gasteiger partial charge in [0.15, 0.2) is 0 Å². The van der Waals surface area contributed by atoms with Crippen LogP contribution in [-0.2, 0) is 6.42 Å². The van der Waals surface area contributed by atoms with Gasteiger partial charge in [0.2, 0.25) is 0 Å². The summed E-state index contributed by atoms with van der Waals surface area (Å²) in [6.07, 6.45) is 6.38. The topological polar surface area (TPSA) is 12.0 Å². The first-order valence-corrected chi connectivity index (χ1v) is 8.80. The fourth-order valence-electron chi connectivity index (χ4n) is 3.24. The van der Waals surface area contributed by atoms with Gasteiger partial charge in [0.25, 0.3) is 0 Å². The highest BCUT2D eigenvalue weighted by molar-refractivity contribution is 6.33. The molecule has 1 aliphatic rings. The van der Waals surface area contributed by atoms with Crippen molar-refractivity contribution in [1.29, 1.82) is 0 Å². The van der Waals surface area contributed by atoms with Crippen molar-refractivity contribution in [2.75, 3.05) is 6.54 Å². The summed E-state index contributed by atoms with van der Waals surface area (Å²) in [4.78, 5) is 0. The normalized spacial score (nSPS) is 23.3. The van der Waals surface area contributed by atoms with Crippen LogP contribution in [0.3, 0.4) is 0 Å². The summed E-state index contributed by atoms with van der Waals surface area (Å²) in [6.45, 7) is 7.81. The Hall–Kier alpha value is -0.240. The number of halogens is 2. The van der Waals surface area contributed by atoms with Gasteiger partial charge >= 0.3 is 0 Å². The summed E-state index contributed by atoms with van der Waals surface area (Å²) < 4.78 is 0. The highest BCUT2D eigenvalue weighted by Crippen LogP contribution is 2.34. The van der Waals surface area contributed by atoms with Gasteiger partial charge in [-0.15, -0.1) is 0 Å². The molecule has 2 atom stereocenters. The van der Waals surface area contributed by atoms with E-state index < -0.39 is 0 Å². The van der Waals surface area contributed by atoms with Crippen LogP contribution in [0.25, 0.3) is 0 Å². The minimum atomic E-state index is 0.190. The summed E-state index contributed by atoms with van der Waals surface area (Å²) in [5, 5.41) is 5.32. The Morgan fingerprint density at radius 1 is 1.10 bits per heavy atom. The first-order valence-electron chi connectivity index (χ1n) is 8.04. The van der Waals surface area contributed by atoms with Crippen molar-refractivity contribution in [3.63, 3.8) is 0 Å². The molecule has 0 bridgehead atoms. The Kier molecular flexibility index (Phi) is 5.99. The molecule has 0 radical (unpaired) electrons. The van der Waals surface area contributed by atoms with Crippen LogP contribution in [0.1, 0.15) is 52.0 Å². The van der Waals surface area contributed by atoms with Crippen molar-refractivity contribution >= 4 is 23.2 Å². The van der Waals surface area contributed by atoms with E-state index in [1.807, 2.05) is 18.2 Å². The molecule has 0 aromatic heterocycles. The SMILES string of the molecule is CC(C)(C)NCC1CCCCC1Cc1cc(Cl)ccc1Cl. The highest BCUT2D eigenvalue weighted by atomic mass is 35.5. The molecule has 21 heavy (non-hydrogen) atoms. The summed E-state index contributed by atoms with van der Waals surface area (Å²) in [5.74, 6) is 1.46. The highest BCUT2D eigenvalue weighted by Gasteiger charge is 2.26. The second-order valence-corrected chi connectivity index (χ2v) is 8.22. The standard InChI is InChI=1S/C18H27Cl2N/c1-18(2,3)21-12-14-7-5-4-6-13(14)10-15-11-16(19)8-9-17(15)20/h8-9,11,13-14,21H,4-7,10,12H2,1-3H3. The predicted molar refractivity (Wildman–Crippen MR) is 93.4 cm³/mol. The quantitative estimate of drug-likeness (QED) is 0.744. The van der Waals surface area contributed by atoms with Crippen LogP contribution < -0.4 is 5.32 Å². The van der Waals surface area contributed by atoms with Crippen LogP contribution in [0.4, 0.5) is 0 Å². The average molecular weight is 328 g/mol. The van der Waals surface area contributed by atoms with E-state index in [1.54, 1.807) is 0 Å². The van der Waals surface area contributed by atoms with E-state index in [0.717, 1.165) is 28.9 Å². The molecule has 0 saturated heterocycles. The lowest BCUT2D eigenvalue weighted by Gasteiger charge is -2.34. The molecule has 1 fully saturated rings. The van der Waals surface area contributed by atoms with Crippen molar-refractivity contribution in [2.24, 2.45) is 11.8 Å². The van der Waals surface area contributed by atoms with E-state index in [0.29, 0.717) is 5.92 Å². The van der Waals surface area contributed by atoms with Gasteiger partial charge in [0.1, 0.15) is 0 Å². The van der Waals surface area contributed by atoms with Gasteiger partial charge in [-0.3, -0.25) is 0 Å². The lowest BCUT2D eigenvalue weighted by molar-refractivity contribution is 0.213. The third-order valence-corrected chi connectivity index (χ3v) is 5.05. The average Bonchev–Trinajstić information content (AvgIpc) is 2.41. The maximum absolute atomic E-state index is 6.34. The molecule has 1 saturated carbocycles. The van der Waals surface area contributed by atoms with Crippen LogP contribution >= 0.6 is 23.2 Å². The minimum absolute atomic E-state index is 0.190. The van der Waals surface area contributed by atoms with Gasteiger partial charge in [-0.2, -0.15) is 0 Å². The first-order chi connectivity index (χ1) is 9.85. The Morgan fingerprint density at radius 3 is 2.43 bits per heavy atom. The number of hydrogen-bond acceptors (Lipinski definition) is 1. The fourth-order valence-corrected chi connectivity index (χ4v) is 3.63. The Bertz CT molecular complexity index is 465. The Morgan fingerprint density at radius 2 is 1.76 bits per heavy atom. The molecule has 1 nitrogen and oxygen atoms in total. The summed E-state index contributed by atoms with van der Waals surface area (Å²) in [5.41, 5.74) is 1.40. The van der Waals surface area contributed by atoms with Crippen molar-refractivity contribution in [3.8, 4) is 0 Å². The molecular formula is C18H27Cl2N. The zero-order chi connectivity index (χ0) is 15.5. The van der Waals surface area contributed by atoms with Gasteiger partial charge in [0, 0.05) is 15.6 Å². The zero-order valence-corrected chi connectivity index (χ0v) is 14.9. The third kappa shape index (κ3) is 5.47. The van der Waals surface area contributed by atoms with E-state index >= 15 is 0 Å². The van der Waals surface area contributed by atoms with E-state index in [4.69, 9.17) is 23.2 Å². The lowest BCUT2D eigenvalue weighted by Crippen LogP contribution is -2.41. The molecule has 1 aliphatic carbocycles. The molecule has 0 amide bonds. The molecule has 1 aromatic carbocycles. The molecular weight excluding hydrogens is 301 g/mol. The van der Waals surface area contributed by atoms with E-state index in [1.165, 1.54) is 31.2 Å². The maximum atomic E-state index is 6.34. The van der Waals surface area contributed by atoms with Gasteiger partial charge < -0.3 is 5.32 Å². The van der Waals surface area contributed by atoms with Crippen LogP contribution in [0.2, 0.25) is 10.0 Å². The van der Waals surface area contributed by atoms with E-state index in [-0.39, 0.29) is 5.54 Å². The monoisotopic (exact) mass is 327 g/mol. The number of benzene rings is 1. The van der Waals surface area contributed by atoms with Gasteiger partial charge in [-0.25, -0.2) is 0 Å². The zero-order valence-electron chi connectivity index (χ0n) is 13.4. The Labute approximate surface area is 139 Å². The third-order valence-electron chi connectivity index (χ3n) is 4.45. The number of hydrogen-bond donors (Lipinski definition) is 1. The molecule has 1 aromatic rings. The lowest BCUT2D eigenvalue weighted by atomic mass is 9.76. The number of nitrogens with one attached hydrogen (secondary N) is 1. The first kappa shape index (κ1) is 17.1. The molecule has 2 rings (SSSR count). The molecule has 0 spiro atoms. The van der Waals surface area contributed by atoms with Crippen molar-refractivity contribution in [3.05, 3.63) is 33.8 Å².